The van der Waals surface area contributed by atoms with E-state index in [2.05, 4.69) is 0 Å². The van der Waals surface area contributed by atoms with Gasteiger partial charge in [-0.3, -0.25) is 4.79 Å². The fourth-order valence-corrected chi connectivity index (χ4v) is 3.72. The van der Waals surface area contributed by atoms with Gasteiger partial charge in [-0.15, -0.1) is 0 Å². The molecule has 1 aromatic carbocycles. The third kappa shape index (κ3) is 4.34. The molecule has 0 amide bonds. The van der Waals surface area contributed by atoms with Gasteiger partial charge in [0.1, 0.15) is 6.54 Å². The predicted molar refractivity (Wildman–Crippen MR) is 73.1 cm³/mol. The molecule has 0 heterocycles. The first-order valence-corrected chi connectivity index (χ1v) is 7.90. The van der Waals surface area contributed by atoms with Crippen LogP contribution in [0.15, 0.2) is 23.1 Å². The number of aliphatic carboxylic acids is 1. The Labute approximate surface area is 130 Å². The van der Waals surface area contributed by atoms with Crippen molar-refractivity contribution in [2.45, 2.75) is 24.4 Å². The van der Waals surface area contributed by atoms with E-state index in [0.717, 1.165) is 6.07 Å². The first-order valence-electron chi connectivity index (χ1n) is 6.08. The Kier molecular flexibility index (Phi) is 5.82. The van der Waals surface area contributed by atoms with Crippen LogP contribution in [-0.4, -0.2) is 36.9 Å². The van der Waals surface area contributed by atoms with Crippen molar-refractivity contribution >= 4 is 27.6 Å². The highest BCUT2D eigenvalue weighted by molar-refractivity contribution is 7.89. The molecular formula is C12H13ClF3NO4S. The summed E-state index contributed by atoms with van der Waals surface area (Å²) in [4.78, 5) is 9.70. The van der Waals surface area contributed by atoms with Crippen LogP contribution in [0, 0.1) is 0 Å². The monoisotopic (exact) mass is 359 g/mol. The number of hydrogen-bond acceptors (Lipinski definition) is 3. The van der Waals surface area contributed by atoms with Crippen molar-refractivity contribution in [2.24, 2.45) is 0 Å². The van der Waals surface area contributed by atoms with Crippen molar-refractivity contribution in [3.05, 3.63) is 28.8 Å². The van der Waals surface area contributed by atoms with Crippen molar-refractivity contribution < 1.29 is 31.5 Å². The van der Waals surface area contributed by atoms with Crippen LogP contribution in [-0.2, 0) is 21.0 Å². The summed E-state index contributed by atoms with van der Waals surface area (Å²) in [6.07, 6.45) is -4.66. The van der Waals surface area contributed by atoms with Crippen LogP contribution in [0.2, 0.25) is 5.02 Å². The Hall–Kier alpha value is -1.32. The van der Waals surface area contributed by atoms with Gasteiger partial charge in [-0.25, -0.2) is 8.42 Å². The molecule has 0 bridgehead atoms. The molecule has 0 aliphatic heterocycles. The van der Waals surface area contributed by atoms with Crippen LogP contribution >= 0.6 is 11.6 Å². The molecule has 5 nitrogen and oxygen atoms in total. The summed E-state index contributed by atoms with van der Waals surface area (Å²) in [5.74, 6) is -1.47. The van der Waals surface area contributed by atoms with Crippen LogP contribution in [0.5, 0.6) is 0 Å². The molecule has 0 fully saturated rings. The van der Waals surface area contributed by atoms with Crippen LogP contribution in [0.25, 0.3) is 0 Å². The number of rotatable bonds is 6. The fourth-order valence-electron chi connectivity index (χ4n) is 1.77. The number of carboxylic acid groups (broad SMARTS) is 1. The zero-order chi connectivity index (χ0) is 17.1. The highest BCUT2D eigenvalue weighted by Crippen LogP contribution is 2.36. The van der Waals surface area contributed by atoms with Crippen molar-refractivity contribution in [3.63, 3.8) is 0 Å². The maximum absolute atomic E-state index is 13.0. The van der Waals surface area contributed by atoms with E-state index in [1.54, 1.807) is 6.92 Å². The van der Waals surface area contributed by atoms with E-state index < -0.39 is 39.2 Å². The van der Waals surface area contributed by atoms with Crippen LogP contribution < -0.4 is 0 Å². The van der Waals surface area contributed by atoms with Crippen LogP contribution in [0.4, 0.5) is 13.2 Å². The number of alkyl halides is 3. The van der Waals surface area contributed by atoms with E-state index in [0.29, 0.717) is 16.4 Å². The number of nitrogens with zero attached hydrogens (tertiary/aromatic N) is 1. The van der Waals surface area contributed by atoms with E-state index in [9.17, 15) is 26.4 Å². The highest BCUT2D eigenvalue weighted by Gasteiger charge is 2.39. The largest absolute Gasteiger partial charge is 0.480 e. The van der Waals surface area contributed by atoms with Gasteiger partial charge in [0.05, 0.1) is 10.5 Å². The summed E-state index contributed by atoms with van der Waals surface area (Å²) in [7, 11) is -4.65. The molecule has 10 heteroatoms. The van der Waals surface area contributed by atoms with E-state index in [4.69, 9.17) is 16.7 Å². The second kappa shape index (κ2) is 6.84. The van der Waals surface area contributed by atoms with Gasteiger partial charge in [-0.1, -0.05) is 18.5 Å². The minimum atomic E-state index is -4.91. The molecule has 124 valence electrons. The topological polar surface area (TPSA) is 74.7 Å². The van der Waals surface area contributed by atoms with Gasteiger partial charge in [0, 0.05) is 11.6 Å². The van der Waals surface area contributed by atoms with Crippen molar-refractivity contribution in [1.29, 1.82) is 0 Å². The van der Waals surface area contributed by atoms with Gasteiger partial charge < -0.3 is 5.11 Å². The SMILES string of the molecule is CCCN(CC(=O)O)S(=O)(=O)c1cc(Cl)ccc1C(F)(F)F. The summed E-state index contributed by atoms with van der Waals surface area (Å²) in [5.41, 5.74) is -1.39. The molecule has 0 aliphatic rings. The predicted octanol–water partition coefficient (Wildman–Crippen LogP) is 2.84. The minimum Gasteiger partial charge on any atom is -0.480 e. The number of benzene rings is 1. The maximum Gasteiger partial charge on any atom is 0.417 e. The van der Waals surface area contributed by atoms with Gasteiger partial charge in [0.15, 0.2) is 0 Å². The molecule has 1 N–H and O–H groups in total. The first-order chi connectivity index (χ1) is 10.00. The molecule has 22 heavy (non-hydrogen) atoms. The molecule has 1 rings (SSSR count). The number of sulfonamides is 1. The summed E-state index contributed by atoms with van der Waals surface area (Å²) < 4.78 is 64.2. The van der Waals surface area contributed by atoms with Crippen molar-refractivity contribution in [3.8, 4) is 0 Å². The molecule has 1 aromatic rings. The van der Waals surface area contributed by atoms with Crippen LogP contribution in [0.3, 0.4) is 0 Å². The number of halogens is 4. The van der Waals surface area contributed by atoms with Gasteiger partial charge in [-0.05, 0) is 24.6 Å². The Bertz CT molecular complexity index is 661. The van der Waals surface area contributed by atoms with E-state index in [1.807, 2.05) is 0 Å². The Balaban J connectivity index is 3.49. The molecule has 0 spiro atoms. The third-order valence-electron chi connectivity index (χ3n) is 2.65. The second-order valence-corrected chi connectivity index (χ2v) is 6.71. The quantitative estimate of drug-likeness (QED) is 0.847. The molecule has 0 atom stereocenters. The second-order valence-electron chi connectivity index (χ2n) is 4.37. The van der Waals surface area contributed by atoms with Crippen LogP contribution in [0.1, 0.15) is 18.9 Å². The Morgan fingerprint density at radius 3 is 2.41 bits per heavy atom. The standard InChI is InChI=1S/C12H13ClF3NO4S/c1-2-5-17(7-11(18)19)22(20,21)10-6-8(13)3-4-9(10)12(14,15)16/h3-4,6H,2,5,7H2,1H3,(H,18,19). The van der Waals surface area contributed by atoms with Crippen molar-refractivity contribution in [1.82, 2.24) is 4.31 Å². The highest BCUT2D eigenvalue weighted by atomic mass is 35.5. The number of carboxylic acids is 1. The van der Waals surface area contributed by atoms with E-state index in [-0.39, 0.29) is 18.0 Å². The fraction of sp³-hybridized carbons (Fsp3) is 0.417. The third-order valence-corrected chi connectivity index (χ3v) is 4.77. The summed E-state index contributed by atoms with van der Waals surface area (Å²) in [6.45, 7) is 0.422. The summed E-state index contributed by atoms with van der Waals surface area (Å²) in [5, 5.41) is 8.55. The minimum absolute atomic E-state index is 0.196. The Morgan fingerprint density at radius 1 is 1.36 bits per heavy atom. The summed E-state index contributed by atoms with van der Waals surface area (Å²) in [6, 6.07) is 2.15. The smallest absolute Gasteiger partial charge is 0.417 e. The van der Waals surface area contributed by atoms with E-state index in [1.165, 1.54) is 0 Å². The maximum atomic E-state index is 13.0. The molecule has 0 aromatic heterocycles. The van der Waals surface area contributed by atoms with E-state index >= 15 is 0 Å². The lowest BCUT2D eigenvalue weighted by atomic mass is 10.2. The number of hydrogen-bond donors (Lipinski definition) is 1. The van der Waals surface area contributed by atoms with Gasteiger partial charge in [-0.2, -0.15) is 17.5 Å². The molecular weight excluding hydrogens is 347 g/mol. The molecule has 0 radical (unpaired) electrons. The lowest BCUT2D eigenvalue weighted by molar-refractivity contribution is -0.140. The normalized spacial score (nSPS) is 12.6. The van der Waals surface area contributed by atoms with Gasteiger partial charge in [0.2, 0.25) is 10.0 Å². The van der Waals surface area contributed by atoms with Gasteiger partial charge in [0.25, 0.3) is 0 Å². The lowest BCUT2D eigenvalue weighted by Gasteiger charge is -2.22. The molecule has 0 saturated heterocycles. The zero-order valence-corrected chi connectivity index (χ0v) is 13.0. The first kappa shape index (κ1) is 18.7. The molecule has 0 aliphatic carbocycles. The van der Waals surface area contributed by atoms with Gasteiger partial charge >= 0.3 is 12.1 Å². The average molecular weight is 360 g/mol. The molecule has 0 unspecified atom stereocenters. The summed E-state index contributed by atoms with van der Waals surface area (Å²) >= 11 is 5.59. The average Bonchev–Trinajstić information content (AvgIpc) is 2.36. The zero-order valence-electron chi connectivity index (χ0n) is 11.4. The number of carbonyl (C=O) groups is 1. The lowest BCUT2D eigenvalue weighted by Crippen LogP contribution is -2.37. The van der Waals surface area contributed by atoms with Crippen molar-refractivity contribution in [2.75, 3.05) is 13.1 Å². The Morgan fingerprint density at radius 2 is 1.95 bits per heavy atom. The molecule has 0 saturated carbocycles.